The molecular weight excluding hydrogens is 388 g/mol. The van der Waals surface area contributed by atoms with Crippen LogP contribution in [0, 0.1) is 5.92 Å². The first-order valence-electron chi connectivity index (χ1n) is 11.0. The second kappa shape index (κ2) is 8.75. The van der Waals surface area contributed by atoms with Gasteiger partial charge in [0.2, 0.25) is 0 Å². The molecule has 4 rings (SSSR count). The second-order valence-electron chi connectivity index (χ2n) is 9.55. The normalized spacial score (nSPS) is 21.7. The van der Waals surface area contributed by atoms with Gasteiger partial charge in [-0.1, -0.05) is 24.3 Å². The van der Waals surface area contributed by atoms with E-state index in [0.29, 0.717) is 24.0 Å². The second-order valence-corrected chi connectivity index (χ2v) is 9.55. The van der Waals surface area contributed by atoms with E-state index in [9.17, 15) is 4.79 Å². The molecule has 0 saturated carbocycles. The minimum Gasteiger partial charge on any atom is -0.497 e. The zero-order valence-electron chi connectivity index (χ0n) is 18.9. The zero-order valence-corrected chi connectivity index (χ0v) is 18.9. The van der Waals surface area contributed by atoms with Gasteiger partial charge in [-0.25, -0.2) is 4.79 Å². The third-order valence-electron chi connectivity index (χ3n) is 6.28. The maximum atomic E-state index is 12.6. The Kier molecular flexibility index (Phi) is 6.05. The Labute approximate surface area is 185 Å². The van der Waals surface area contributed by atoms with E-state index in [-0.39, 0.29) is 12.0 Å². The van der Waals surface area contributed by atoms with Crippen LogP contribution >= 0.6 is 0 Å². The number of fused-ring (bicyclic) bond motifs is 3. The van der Waals surface area contributed by atoms with Crippen molar-refractivity contribution in [3.05, 3.63) is 71.3 Å². The standard InChI is InChI=1S/C26H32N2O3/c1-28(2,3)15-6-16-31-26(29)19-11-14-24-23(17-19)21-7-5-8-22(21)25(27-24)18-9-12-20(30-4)13-10-18/h5,7,9-14,17,21-22,25H,6,8,15-16H2,1-4H3/p+1. The van der Waals surface area contributed by atoms with Crippen LogP contribution in [0.5, 0.6) is 5.75 Å². The van der Waals surface area contributed by atoms with Crippen LogP contribution in [0.25, 0.3) is 0 Å². The lowest BCUT2D eigenvalue weighted by atomic mass is 9.76. The Bertz CT molecular complexity index is 960. The van der Waals surface area contributed by atoms with Crippen LogP contribution < -0.4 is 10.1 Å². The summed E-state index contributed by atoms with van der Waals surface area (Å²) in [5, 5.41) is 3.72. The largest absolute Gasteiger partial charge is 0.497 e. The minimum atomic E-state index is -0.236. The molecule has 0 radical (unpaired) electrons. The molecule has 2 aromatic rings. The molecule has 1 heterocycles. The number of nitrogens with one attached hydrogen (secondary N) is 1. The van der Waals surface area contributed by atoms with Gasteiger partial charge in [-0.05, 0) is 53.8 Å². The molecule has 5 nitrogen and oxygen atoms in total. The monoisotopic (exact) mass is 421 g/mol. The third kappa shape index (κ3) is 4.77. The van der Waals surface area contributed by atoms with Crippen molar-refractivity contribution in [2.75, 3.05) is 46.7 Å². The summed E-state index contributed by atoms with van der Waals surface area (Å²) in [7, 11) is 8.11. The van der Waals surface area contributed by atoms with Crippen molar-refractivity contribution >= 4 is 11.7 Å². The van der Waals surface area contributed by atoms with E-state index in [1.807, 2.05) is 30.3 Å². The van der Waals surface area contributed by atoms with Crippen LogP contribution in [0.4, 0.5) is 5.69 Å². The lowest BCUT2D eigenvalue weighted by Crippen LogP contribution is -2.35. The van der Waals surface area contributed by atoms with Crippen LogP contribution in [0.2, 0.25) is 0 Å². The number of carbonyl (C=O) groups is 1. The summed E-state index contributed by atoms with van der Waals surface area (Å²) >= 11 is 0. The summed E-state index contributed by atoms with van der Waals surface area (Å²) in [6.07, 6.45) is 6.43. The highest BCUT2D eigenvalue weighted by Gasteiger charge is 2.38. The topological polar surface area (TPSA) is 47.6 Å². The van der Waals surface area contributed by atoms with Gasteiger partial charge in [-0.3, -0.25) is 0 Å². The van der Waals surface area contributed by atoms with E-state index >= 15 is 0 Å². The van der Waals surface area contributed by atoms with Crippen molar-refractivity contribution in [3.63, 3.8) is 0 Å². The Morgan fingerprint density at radius 2 is 1.90 bits per heavy atom. The highest BCUT2D eigenvalue weighted by Crippen LogP contribution is 2.50. The van der Waals surface area contributed by atoms with Gasteiger partial charge < -0.3 is 19.3 Å². The van der Waals surface area contributed by atoms with E-state index in [0.717, 1.165) is 35.3 Å². The van der Waals surface area contributed by atoms with E-state index in [4.69, 9.17) is 9.47 Å². The van der Waals surface area contributed by atoms with Crippen LogP contribution in [-0.2, 0) is 4.74 Å². The Morgan fingerprint density at radius 3 is 2.61 bits per heavy atom. The molecule has 3 atom stereocenters. The number of anilines is 1. The number of carbonyl (C=O) groups excluding carboxylic acids is 1. The van der Waals surface area contributed by atoms with Gasteiger partial charge in [0.05, 0.1) is 53.0 Å². The number of rotatable bonds is 7. The number of hydrogen-bond acceptors (Lipinski definition) is 4. The number of benzene rings is 2. The van der Waals surface area contributed by atoms with Crippen molar-refractivity contribution in [2.24, 2.45) is 5.92 Å². The molecule has 1 N–H and O–H groups in total. The highest BCUT2D eigenvalue weighted by atomic mass is 16.5. The van der Waals surface area contributed by atoms with Gasteiger partial charge >= 0.3 is 5.97 Å². The first-order valence-corrected chi connectivity index (χ1v) is 11.0. The smallest absolute Gasteiger partial charge is 0.338 e. The van der Waals surface area contributed by atoms with Crippen LogP contribution in [0.3, 0.4) is 0 Å². The minimum absolute atomic E-state index is 0.228. The predicted octanol–water partition coefficient (Wildman–Crippen LogP) is 4.77. The molecule has 3 unspecified atom stereocenters. The summed E-state index contributed by atoms with van der Waals surface area (Å²) in [6, 6.07) is 14.4. The van der Waals surface area contributed by atoms with E-state index in [1.54, 1.807) is 7.11 Å². The van der Waals surface area contributed by atoms with Crippen LogP contribution in [0.15, 0.2) is 54.6 Å². The molecule has 164 valence electrons. The lowest BCUT2D eigenvalue weighted by Gasteiger charge is -2.37. The van der Waals surface area contributed by atoms with Gasteiger partial charge in [0.15, 0.2) is 0 Å². The molecular formula is C26H33N2O3+. The summed E-state index contributed by atoms with van der Waals surface area (Å²) in [4.78, 5) is 12.6. The molecule has 0 fully saturated rings. The number of allylic oxidation sites excluding steroid dienone is 2. The highest BCUT2D eigenvalue weighted by molar-refractivity contribution is 5.90. The Morgan fingerprint density at radius 1 is 1.13 bits per heavy atom. The van der Waals surface area contributed by atoms with Gasteiger partial charge in [0.1, 0.15) is 5.75 Å². The molecule has 0 aromatic heterocycles. The fourth-order valence-electron chi connectivity index (χ4n) is 4.65. The number of nitrogens with zero attached hydrogens (tertiary/aromatic N) is 1. The Balaban J connectivity index is 1.50. The third-order valence-corrected chi connectivity index (χ3v) is 6.28. The summed E-state index contributed by atoms with van der Waals surface area (Å²) in [5.41, 5.74) is 4.16. The molecule has 31 heavy (non-hydrogen) atoms. The average Bonchev–Trinajstić information content (AvgIpc) is 3.25. The number of quaternary nitrogens is 1. The fraction of sp³-hybridized carbons (Fsp3) is 0.423. The molecule has 0 saturated heterocycles. The lowest BCUT2D eigenvalue weighted by molar-refractivity contribution is -0.870. The molecule has 2 aliphatic rings. The van der Waals surface area contributed by atoms with Gasteiger partial charge in [-0.2, -0.15) is 0 Å². The van der Waals surface area contributed by atoms with Gasteiger partial charge in [-0.15, -0.1) is 0 Å². The van der Waals surface area contributed by atoms with Crippen molar-refractivity contribution < 1.29 is 18.8 Å². The zero-order chi connectivity index (χ0) is 22.0. The summed E-state index contributed by atoms with van der Waals surface area (Å²) < 4.78 is 11.7. The van der Waals surface area contributed by atoms with Crippen LogP contribution in [0.1, 0.15) is 46.3 Å². The van der Waals surface area contributed by atoms with E-state index < -0.39 is 0 Å². The first-order chi connectivity index (χ1) is 14.9. The molecule has 0 amide bonds. The maximum Gasteiger partial charge on any atom is 0.338 e. The van der Waals surface area contributed by atoms with Gasteiger partial charge in [0.25, 0.3) is 0 Å². The molecule has 1 aliphatic carbocycles. The molecule has 2 aromatic carbocycles. The molecule has 0 bridgehead atoms. The summed E-state index contributed by atoms with van der Waals surface area (Å²) in [6.45, 7) is 1.43. The number of ether oxygens (including phenoxy) is 2. The maximum absolute atomic E-state index is 12.6. The summed E-state index contributed by atoms with van der Waals surface area (Å²) in [5.74, 6) is 1.36. The van der Waals surface area contributed by atoms with Gasteiger partial charge in [0, 0.05) is 18.0 Å². The van der Waals surface area contributed by atoms with Crippen molar-refractivity contribution in [3.8, 4) is 5.75 Å². The van der Waals surface area contributed by atoms with Crippen LogP contribution in [-0.4, -0.2) is 51.9 Å². The molecule has 5 heteroatoms. The average molecular weight is 422 g/mol. The number of methoxy groups -OCH3 is 1. The van der Waals surface area contributed by atoms with E-state index in [1.165, 1.54) is 11.1 Å². The number of esters is 1. The fourth-order valence-corrected chi connectivity index (χ4v) is 4.65. The number of hydrogen-bond donors (Lipinski definition) is 1. The van der Waals surface area contributed by atoms with Crippen molar-refractivity contribution in [2.45, 2.75) is 24.8 Å². The molecule has 1 aliphatic heterocycles. The van der Waals surface area contributed by atoms with Crippen molar-refractivity contribution in [1.82, 2.24) is 0 Å². The first kappa shape index (κ1) is 21.4. The SMILES string of the molecule is COc1ccc(C2Nc3ccc(C(=O)OCCC[N+](C)(C)C)cc3C3C=CCC32)cc1. The predicted molar refractivity (Wildman–Crippen MR) is 124 cm³/mol. The molecule has 0 spiro atoms. The van der Waals surface area contributed by atoms with Crippen molar-refractivity contribution in [1.29, 1.82) is 0 Å². The Hall–Kier alpha value is -2.79. The quantitative estimate of drug-likeness (QED) is 0.303. The van der Waals surface area contributed by atoms with E-state index in [2.05, 4.69) is 50.7 Å².